The van der Waals surface area contributed by atoms with Crippen molar-refractivity contribution in [2.75, 3.05) is 11.1 Å². The van der Waals surface area contributed by atoms with Crippen LogP contribution in [0.2, 0.25) is 0 Å². The van der Waals surface area contributed by atoms with Gasteiger partial charge in [0, 0.05) is 0 Å². The van der Waals surface area contributed by atoms with Gasteiger partial charge < -0.3 is 4.42 Å². The normalized spacial score (nSPS) is 10.3. The number of aromatic amines is 1. The van der Waals surface area contributed by atoms with Crippen molar-refractivity contribution in [2.45, 2.75) is 12.1 Å². The Morgan fingerprint density at radius 2 is 2.56 bits per heavy atom. The molecule has 0 atom stereocenters. The molecule has 0 aliphatic heterocycles. The number of carbonyl (C=O) groups is 1. The molecule has 0 bridgehead atoms. The van der Waals surface area contributed by atoms with Gasteiger partial charge in [-0.25, -0.2) is 5.10 Å². The lowest BCUT2D eigenvalue weighted by Crippen LogP contribution is -2.11. The number of aromatic nitrogens is 3. The summed E-state index contributed by atoms with van der Waals surface area (Å²) in [5.74, 6) is 1.08. The standard InChI is InChI=1S/C9H10N4O2S/c1-2-16-9-11-8(12-13-9)10-7(14)6-4-3-5-15-6/h3-5H,2H2,1H3,(H2,10,11,12,13,14). The molecule has 0 spiro atoms. The van der Waals surface area contributed by atoms with Crippen LogP contribution in [0.15, 0.2) is 28.0 Å². The van der Waals surface area contributed by atoms with Crippen LogP contribution >= 0.6 is 11.8 Å². The number of carbonyl (C=O) groups excluding carboxylic acids is 1. The zero-order valence-corrected chi connectivity index (χ0v) is 9.37. The minimum Gasteiger partial charge on any atom is -0.459 e. The maximum absolute atomic E-state index is 11.5. The van der Waals surface area contributed by atoms with Gasteiger partial charge in [-0.15, -0.1) is 5.10 Å². The smallest absolute Gasteiger partial charge is 0.293 e. The summed E-state index contributed by atoms with van der Waals surface area (Å²) in [6.45, 7) is 2.00. The molecule has 0 unspecified atom stereocenters. The number of hydrogen-bond acceptors (Lipinski definition) is 5. The fraction of sp³-hybridized carbons (Fsp3) is 0.222. The Bertz CT molecular complexity index is 466. The van der Waals surface area contributed by atoms with Gasteiger partial charge in [0.1, 0.15) is 0 Å². The van der Waals surface area contributed by atoms with E-state index in [2.05, 4.69) is 20.5 Å². The zero-order valence-electron chi connectivity index (χ0n) is 8.56. The lowest BCUT2D eigenvalue weighted by Gasteiger charge is -1.96. The number of nitrogens with one attached hydrogen (secondary N) is 2. The van der Waals surface area contributed by atoms with E-state index in [1.807, 2.05) is 6.92 Å². The minimum atomic E-state index is -0.353. The molecule has 0 radical (unpaired) electrons. The summed E-state index contributed by atoms with van der Waals surface area (Å²) >= 11 is 1.49. The first-order chi connectivity index (χ1) is 7.79. The fourth-order valence-electron chi connectivity index (χ4n) is 1.07. The molecule has 2 aromatic rings. The Balaban J connectivity index is 2.01. The van der Waals surface area contributed by atoms with Crippen molar-refractivity contribution in [3.63, 3.8) is 0 Å². The summed E-state index contributed by atoms with van der Waals surface area (Å²) in [7, 11) is 0. The third kappa shape index (κ3) is 2.43. The Morgan fingerprint density at radius 1 is 1.69 bits per heavy atom. The number of amides is 1. The topological polar surface area (TPSA) is 83.8 Å². The monoisotopic (exact) mass is 238 g/mol. The SMILES string of the molecule is CCSc1n[nH]c(NC(=O)c2ccco2)n1. The summed E-state index contributed by atoms with van der Waals surface area (Å²) < 4.78 is 4.94. The van der Waals surface area contributed by atoms with E-state index in [0.29, 0.717) is 11.1 Å². The number of anilines is 1. The molecule has 6 nitrogen and oxygen atoms in total. The van der Waals surface area contributed by atoms with Crippen LogP contribution < -0.4 is 5.32 Å². The lowest BCUT2D eigenvalue weighted by atomic mass is 10.4. The van der Waals surface area contributed by atoms with Crippen LogP contribution in [0.25, 0.3) is 0 Å². The number of H-pyrrole nitrogens is 1. The van der Waals surface area contributed by atoms with Gasteiger partial charge in [0.2, 0.25) is 11.1 Å². The molecule has 0 saturated heterocycles. The van der Waals surface area contributed by atoms with E-state index in [4.69, 9.17) is 4.42 Å². The summed E-state index contributed by atoms with van der Waals surface area (Å²) in [6.07, 6.45) is 1.44. The van der Waals surface area contributed by atoms with E-state index in [1.54, 1.807) is 12.1 Å². The second-order valence-electron chi connectivity index (χ2n) is 2.83. The van der Waals surface area contributed by atoms with Crippen LogP contribution in [0, 0.1) is 0 Å². The molecule has 2 heterocycles. The van der Waals surface area contributed by atoms with Crippen molar-refractivity contribution in [1.29, 1.82) is 0 Å². The highest BCUT2D eigenvalue weighted by molar-refractivity contribution is 7.99. The largest absolute Gasteiger partial charge is 0.459 e. The molecule has 7 heteroatoms. The molecule has 0 aliphatic carbocycles. The van der Waals surface area contributed by atoms with Gasteiger partial charge in [0.25, 0.3) is 5.91 Å². The Kier molecular flexibility index (Phi) is 3.25. The van der Waals surface area contributed by atoms with Crippen molar-refractivity contribution < 1.29 is 9.21 Å². The highest BCUT2D eigenvalue weighted by Crippen LogP contribution is 2.13. The van der Waals surface area contributed by atoms with Crippen LogP contribution in [0.5, 0.6) is 0 Å². The molecule has 16 heavy (non-hydrogen) atoms. The molecule has 2 rings (SSSR count). The zero-order chi connectivity index (χ0) is 11.4. The van der Waals surface area contributed by atoms with Gasteiger partial charge in [0.05, 0.1) is 6.26 Å². The molecule has 2 N–H and O–H groups in total. The van der Waals surface area contributed by atoms with Gasteiger partial charge in [0.15, 0.2) is 5.76 Å². The van der Waals surface area contributed by atoms with E-state index in [0.717, 1.165) is 5.75 Å². The molecule has 84 valence electrons. The van der Waals surface area contributed by atoms with E-state index in [1.165, 1.54) is 18.0 Å². The molecule has 1 amide bonds. The first kappa shape index (κ1) is 10.7. The Labute approximate surface area is 95.8 Å². The van der Waals surface area contributed by atoms with E-state index < -0.39 is 0 Å². The number of thioether (sulfide) groups is 1. The van der Waals surface area contributed by atoms with E-state index in [-0.39, 0.29) is 11.7 Å². The van der Waals surface area contributed by atoms with Crippen LogP contribution in [-0.2, 0) is 0 Å². The Hall–Kier alpha value is -1.76. The second-order valence-corrected chi connectivity index (χ2v) is 4.06. The average Bonchev–Trinajstić information content (AvgIpc) is 2.89. The van der Waals surface area contributed by atoms with Crippen LogP contribution in [0.1, 0.15) is 17.5 Å². The first-order valence-electron chi connectivity index (χ1n) is 4.69. The molecule has 2 aromatic heterocycles. The van der Waals surface area contributed by atoms with E-state index >= 15 is 0 Å². The summed E-state index contributed by atoms with van der Waals surface area (Å²) in [5.41, 5.74) is 0. The second kappa shape index (κ2) is 4.84. The van der Waals surface area contributed by atoms with Crippen molar-refractivity contribution in [3.05, 3.63) is 24.2 Å². The van der Waals surface area contributed by atoms with Crippen molar-refractivity contribution in [2.24, 2.45) is 0 Å². The maximum atomic E-state index is 11.5. The number of nitrogens with zero attached hydrogens (tertiary/aromatic N) is 2. The van der Waals surface area contributed by atoms with Gasteiger partial charge in [-0.1, -0.05) is 18.7 Å². The molecule has 0 saturated carbocycles. The third-order valence-electron chi connectivity index (χ3n) is 1.72. The number of furan rings is 1. The molecular weight excluding hydrogens is 228 g/mol. The molecular formula is C9H10N4O2S. The van der Waals surface area contributed by atoms with Crippen molar-refractivity contribution >= 4 is 23.6 Å². The Morgan fingerprint density at radius 3 is 3.25 bits per heavy atom. The molecule has 0 aliphatic rings. The van der Waals surface area contributed by atoms with E-state index in [9.17, 15) is 4.79 Å². The van der Waals surface area contributed by atoms with Gasteiger partial charge in [-0.3, -0.25) is 10.1 Å². The van der Waals surface area contributed by atoms with Crippen LogP contribution in [0.4, 0.5) is 5.95 Å². The molecule has 0 aromatic carbocycles. The van der Waals surface area contributed by atoms with Crippen LogP contribution in [0.3, 0.4) is 0 Å². The highest BCUT2D eigenvalue weighted by atomic mass is 32.2. The predicted octanol–water partition coefficient (Wildman–Crippen LogP) is 1.76. The average molecular weight is 238 g/mol. The number of hydrogen-bond donors (Lipinski definition) is 2. The number of rotatable bonds is 4. The summed E-state index contributed by atoms with van der Waals surface area (Å²) in [5, 5.41) is 9.71. The predicted molar refractivity (Wildman–Crippen MR) is 59.4 cm³/mol. The lowest BCUT2D eigenvalue weighted by molar-refractivity contribution is 0.0996. The molecule has 0 fully saturated rings. The maximum Gasteiger partial charge on any atom is 0.293 e. The fourth-order valence-corrected chi connectivity index (χ4v) is 1.60. The van der Waals surface area contributed by atoms with Crippen LogP contribution in [-0.4, -0.2) is 26.8 Å². The highest BCUT2D eigenvalue weighted by Gasteiger charge is 2.11. The first-order valence-corrected chi connectivity index (χ1v) is 5.68. The summed E-state index contributed by atoms with van der Waals surface area (Å²) in [4.78, 5) is 15.6. The van der Waals surface area contributed by atoms with Crippen molar-refractivity contribution in [3.8, 4) is 0 Å². The summed E-state index contributed by atoms with van der Waals surface area (Å²) in [6, 6.07) is 3.22. The quantitative estimate of drug-likeness (QED) is 0.793. The van der Waals surface area contributed by atoms with Gasteiger partial charge in [-0.2, -0.15) is 4.98 Å². The van der Waals surface area contributed by atoms with Gasteiger partial charge in [-0.05, 0) is 17.9 Å². The van der Waals surface area contributed by atoms with Crippen molar-refractivity contribution in [1.82, 2.24) is 15.2 Å². The third-order valence-corrected chi connectivity index (χ3v) is 2.44. The van der Waals surface area contributed by atoms with Gasteiger partial charge >= 0.3 is 0 Å². The minimum absolute atomic E-state index is 0.237.